The highest BCUT2D eigenvalue weighted by Gasteiger charge is 2.22. The molecule has 0 aliphatic rings. The maximum absolute atomic E-state index is 11.4. The molecule has 0 radical (unpaired) electrons. The van der Waals surface area contributed by atoms with Gasteiger partial charge in [-0.15, -0.1) is 0 Å². The van der Waals surface area contributed by atoms with Gasteiger partial charge in [0.1, 0.15) is 6.04 Å². The van der Waals surface area contributed by atoms with E-state index in [1.54, 1.807) is 13.8 Å². The second-order valence-electron chi connectivity index (χ2n) is 4.41. The molecule has 0 aromatic rings. The Morgan fingerprint density at radius 1 is 1.47 bits per heavy atom. The summed E-state index contributed by atoms with van der Waals surface area (Å²) in [6.45, 7) is 5.32. The minimum absolute atomic E-state index is 0.125. The Bertz CT molecular complexity index is 233. The fraction of sp³-hybridized carbons (Fsp3) is 0.800. The summed E-state index contributed by atoms with van der Waals surface area (Å²) in [4.78, 5) is 22.1. The molecule has 1 atom stereocenters. The summed E-state index contributed by atoms with van der Waals surface area (Å²) >= 11 is 0. The lowest BCUT2D eigenvalue weighted by Gasteiger charge is -2.20. The molecule has 0 saturated carbocycles. The van der Waals surface area contributed by atoms with Crippen molar-refractivity contribution in [2.24, 2.45) is 5.73 Å². The van der Waals surface area contributed by atoms with Crippen molar-refractivity contribution in [3.63, 3.8) is 0 Å². The van der Waals surface area contributed by atoms with Crippen LogP contribution in [0.5, 0.6) is 0 Å². The summed E-state index contributed by atoms with van der Waals surface area (Å²) in [5.41, 5.74) is 5.04. The van der Waals surface area contributed by atoms with Gasteiger partial charge in [0.05, 0.1) is 0 Å². The number of nitrogens with two attached hydrogens (primary N) is 1. The Kier molecular flexibility index (Phi) is 5.28. The van der Waals surface area contributed by atoms with Crippen LogP contribution in [0.1, 0.15) is 40.0 Å². The first-order valence-corrected chi connectivity index (χ1v) is 5.07. The number of carboxylic acids is 1. The van der Waals surface area contributed by atoms with Gasteiger partial charge in [-0.05, 0) is 20.3 Å². The molecule has 15 heavy (non-hydrogen) atoms. The molecule has 0 aliphatic carbocycles. The highest BCUT2D eigenvalue weighted by Crippen LogP contribution is 2.04. The summed E-state index contributed by atoms with van der Waals surface area (Å²) in [5.74, 6) is -1.32. The van der Waals surface area contributed by atoms with E-state index in [-0.39, 0.29) is 12.3 Å². The van der Waals surface area contributed by atoms with Gasteiger partial charge in [0, 0.05) is 12.0 Å². The van der Waals surface area contributed by atoms with Crippen LogP contribution in [-0.2, 0) is 9.59 Å². The van der Waals surface area contributed by atoms with Crippen molar-refractivity contribution in [3.8, 4) is 0 Å². The van der Waals surface area contributed by atoms with Gasteiger partial charge in [-0.3, -0.25) is 4.79 Å². The van der Waals surface area contributed by atoms with E-state index in [4.69, 9.17) is 10.8 Å². The third-order valence-corrected chi connectivity index (χ3v) is 1.83. The van der Waals surface area contributed by atoms with Gasteiger partial charge < -0.3 is 16.2 Å². The molecular weight excluding hydrogens is 196 g/mol. The van der Waals surface area contributed by atoms with Crippen LogP contribution in [0.25, 0.3) is 0 Å². The predicted molar refractivity (Wildman–Crippen MR) is 57.4 cm³/mol. The first kappa shape index (κ1) is 13.9. The minimum Gasteiger partial charge on any atom is -0.480 e. The molecule has 4 N–H and O–H groups in total. The van der Waals surface area contributed by atoms with E-state index < -0.39 is 17.6 Å². The zero-order valence-electron chi connectivity index (χ0n) is 9.54. The second-order valence-corrected chi connectivity index (χ2v) is 4.41. The molecule has 0 aromatic carbocycles. The molecule has 1 amide bonds. The molecule has 88 valence electrons. The number of carboxylic acid groups (broad SMARTS) is 1. The van der Waals surface area contributed by atoms with Gasteiger partial charge in [0.25, 0.3) is 0 Å². The Hall–Kier alpha value is -1.10. The van der Waals surface area contributed by atoms with Crippen LogP contribution in [0.3, 0.4) is 0 Å². The first-order valence-electron chi connectivity index (χ1n) is 5.07. The lowest BCUT2D eigenvalue weighted by atomic mass is 10.0. The van der Waals surface area contributed by atoms with Crippen LogP contribution in [0, 0.1) is 0 Å². The van der Waals surface area contributed by atoms with Crippen molar-refractivity contribution >= 4 is 11.9 Å². The van der Waals surface area contributed by atoms with Gasteiger partial charge in [-0.25, -0.2) is 4.79 Å². The van der Waals surface area contributed by atoms with Crippen LogP contribution in [-0.4, -0.2) is 28.6 Å². The molecule has 0 aromatic heterocycles. The molecule has 0 fully saturated rings. The van der Waals surface area contributed by atoms with E-state index in [2.05, 4.69) is 5.32 Å². The van der Waals surface area contributed by atoms with E-state index in [1.807, 2.05) is 6.92 Å². The standard InChI is InChI=1S/C10H20N2O3/c1-4-5-7(9(14)15)12-8(13)6-10(2,3)11/h7H,4-6,11H2,1-3H3,(H,12,13)(H,14,15)/t7-/m1/s1. The molecule has 0 heterocycles. The Morgan fingerprint density at radius 2 is 2.00 bits per heavy atom. The molecule has 0 unspecified atom stereocenters. The second kappa shape index (κ2) is 5.70. The van der Waals surface area contributed by atoms with Crippen molar-refractivity contribution in [1.82, 2.24) is 5.32 Å². The average molecular weight is 216 g/mol. The fourth-order valence-electron chi connectivity index (χ4n) is 1.21. The zero-order valence-corrected chi connectivity index (χ0v) is 9.54. The van der Waals surface area contributed by atoms with Gasteiger partial charge in [-0.1, -0.05) is 13.3 Å². The lowest BCUT2D eigenvalue weighted by Crippen LogP contribution is -2.45. The maximum atomic E-state index is 11.4. The summed E-state index contributed by atoms with van der Waals surface area (Å²) in [7, 11) is 0. The van der Waals surface area contributed by atoms with Crippen molar-refractivity contribution in [2.75, 3.05) is 0 Å². The minimum atomic E-state index is -1.000. The summed E-state index contributed by atoms with van der Waals surface area (Å²) in [6, 6.07) is -0.801. The average Bonchev–Trinajstić information content (AvgIpc) is 1.99. The monoisotopic (exact) mass is 216 g/mol. The predicted octanol–water partition coefficient (Wildman–Crippen LogP) is 0.483. The molecule has 0 bridgehead atoms. The van der Waals surface area contributed by atoms with Crippen LogP contribution in [0.15, 0.2) is 0 Å². The SMILES string of the molecule is CCC[C@@H](NC(=O)CC(C)(C)N)C(=O)O. The fourth-order valence-corrected chi connectivity index (χ4v) is 1.21. The molecule has 0 spiro atoms. The molecule has 5 nitrogen and oxygen atoms in total. The van der Waals surface area contributed by atoms with Gasteiger partial charge in [0.2, 0.25) is 5.91 Å². The lowest BCUT2D eigenvalue weighted by molar-refractivity contribution is -0.142. The third-order valence-electron chi connectivity index (χ3n) is 1.83. The van der Waals surface area contributed by atoms with Crippen LogP contribution >= 0.6 is 0 Å². The Balaban J connectivity index is 4.18. The first-order chi connectivity index (χ1) is 6.76. The Morgan fingerprint density at radius 3 is 2.33 bits per heavy atom. The van der Waals surface area contributed by atoms with Crippen molar-refractivity contribution < 1.29 is 14.7 Å². The quantitative estimate of drug-likeness (QED) is 0.602. The van der Waals surface area contributed by atoms with E-state index in [0.29, 0.717) is 12.8 Å². The number of carbonyl (C=O) groups excluding carboxylic acids is 1. The van der Waals surface area contributed by atoms with E-state index in [9.17, 15) is 9.59 Å². The number of hydrogen-bond acceptors (Lipinski definition) is 3. The van der Waals surface area contributed by atoms with Crippen molar-refractivity contribution in [2.45, 2.75) is 51.6 Å². The number of nitrogens with one attached hydrogen (secondary N) is 1. The molecule has 0 rings (SSSR count). The number of rotatable bonds is 6. The topological polar surface area (TPSA) is 92.4 Å². The van der Waals surface area contributed by atoms with Crippen LogP contribution < -0.4 is 11.1 Å². The number of hydrogen-bond donors (Lipinski definition) is 3. The normalized spacial score (nSPS) is 13.3. The van der Waals surface area contributed by atoms with Gasteiger partial charge >= 0.3 is 5.97 Å². The molecule has 5 heteroatoms. The summed E-state index contributed by atoms with van der Waals surface area (Å²) in [6.07, 6.45) is 1.27. The van der Waals surface area contributed by atoms with Gasteiger partial charge in [0.15, 0.2) is 0 Å². The third kappa shape index (κ3) is 6.90. The Labute approximate surface area is 90.0 Å². The van der Waals surface area contributed by atoms with Crippen LogP contribution in [0.2, 0.25) is 0 Å². The van der Waals surface area contributed by atoms with Crippen LogP contribution in [0.4, 0.5) is 0 Å². The smallest absolute Gasteiger partial charge is 0.326 e. The molecule has 0 aliphatic heterocycles. The molecular formula is C10H20N2O3. The maximum Gasteiger partial charge on any atom is 0.326 e. The van der Waals surface area contributed by atoms with Crippen molar-refractivity contribution in [3.05, 3.63) is 0 Å². The van der Waals surface area contributed by atoms with E-state index in [0.717, 1.165) is 0 Å². The number of amides is 1. The number of aliphatic carboxylic acids is 1. The summed E-state index contributed by atoms with van der Waals surface area (Å²) < 4.78 is 0. The molecule has 0 saturated heterocycles. The van der Waals surface area contributed by atoms with E-state index >= 15 is 0 Å². The van der Waals surface area contributed by atoms with Gasteiger partial charge in [-0.2, -0.15) is 0 Å². The van der Waals surface area contributed by atoms with Crippen molar-refractivity contribution in [1.29, 1.82) is 0 Å². The zero-order chi connectivity index (χ0) is 12.1. The van der Waals surface area contributed by atoms with E-state index in [1.165, 1.54) is 0 Å². The summed E-state index contributed by atoms with van der Waals surface area (Å²) in [5, 5.41) is 11.3. The largest absolute Gasteiger partial charge is 0.480 e. The number of carbonyl (C=O) groups is 2. The highest BCUT2D eigenvalue weighted by molar-refractivity contribution is 5.84. The highest BCUT2D eigenvalue weighted by atomic mass is 16.4.